The Balaban J connectivity index is 5.78. The van der Waals surface area contributed by atoms with Gasteiger partial charge in [0.05, 0.1) is 0 Å². The van der Waals surface area contributed by atoms with Crippen LogP contribution in [0.4, 0.5) is 47.8 Å². The summed E-state index contributed by atoms with van der Waals surface area (Å²) >= 11 is -5.50. The molecular weight excluding hydrogens is 303 g/mol. The lowest BCUT2D eigenvalue weighted by Crippen LogP contribution is -2.55. The van der Waals surface area contributed by atoms with Crippen LogP contribution in [-0.4, -0.2) is 23.7 Å². The first kappa shape index (κ1) is 16.4. The zero-order valence-electron chi connectivity index (χ0n) is 7.01. The van der Waals surface area contributed by atoms with Gasteiger partial charge in [-0.05, 0) is 0 Å². The zero-order valence-corrected chi connectivity index (χ0v) is 7.83. The van der Waals surface area contributed by atoms with Crippen LogP contribution in [0.15, 0.2) is 4.36 Å². The summed E-state index contributed by atoms with van der Waals surface area (Å²) in [7, 11) is 0. The van der Waals surface area contributed by atoms with E-state index in [0.29, 0.717) is 4.36 Å². The second kappa shape index (κ2) is 4.24. The number of nitrogens with zero attached hydrogens (tertiary/aromatic N) is 1. The van der Waals surface area contributed by atoms with Crippen molar-refractivity contribution >= 4 is 11.1 Å². The molecule has 0 aliphatic rings. The van der Waals surface area contributed by atoms with Crippen molar-refractivity contribution < 1.29 is 47.8 Å². The number of halogens is 11. The van der Waals surface area contributed by atoms with Crippen LogP contribution in [0.2, 0.25) is 0 Å². The molecule has 0 amide bonds. The molecule has 0 N–H and O–H groups in total. The Morgan fingerprint density at radius 2 is 0.941 bits per heavy atom. The van der Waals surface area contributed by atoms with Gasteiger partial charge >= 0.3 is 23.7 Å². The van der Waals surface area contributed by atoms with Crippen LogP contribution in [0.25, 0.3) is 0 Å². The van der Waals surface area contributed by atoms with Crippen LogP contribution in [0.3, 0.4) is 0 Å². The molecule has 0 aliphatic heterocycles. The summed E-state index contributed by atoms with van der Waals surface area (Å²) in [6, 6.07) is 0. The van der Waals surface area contributed by atoms with Crippen molar-refractivity contribution in [3.63, 3.8) is 0 Å². The number of alkyl halides is 10. The van der Waals surface area contributed by atoms with E-state index in [1.54, 1.807) is 0 Å². The van der Waals surface area contributed by atoms with Gasteiger partial charge in [0.1, 0.15) is 11.1 Å². The van der Waals surface area contributed by atoms with Crippen molar-refractivity contribution in [2.45, 2.75) is 23.7 Å². The molecule has 0 aromatic heterocycles. The van der Waals surface area contributed by atoms with E-state index in [-0.39, 0.29) is 0 Å². The van der Waals surface area contributed by atoms with Gasteiger partial charge in [-0.15, -0.1) is 17.5 Å². The minimum Gasteiger partial charge on any atom is -0.207 e. The average molecular weight is 303 g/mol. The first-order chi connectivity index (χ1) is 7.13. The van der Waals surface area contributed by atoms with Gasteiger partial charge in [-0.25, -0.2) is 4.39 Å². The number of hydrogen-bond acceptors (Lipinski definition) is 1. The van der Waals surface area contributed by atoms with Crippen LogP contribution < -0.4 is 0 Å². The van der Waals surface area contributed by atoms with E-state index in [2.05, 4.69) is 0 Å². The molecule has 17 heavy (non-hydrogen) atoms. The zero-order chi connectivity index (χ0) is 14.3. The van der Waals surface area contributed by atoms with Crippen LogP contribution >= 0.6 is 0 Å². The fourth-order valence-electron chi connectivity index (χ4n) is 0.505. The molecule has 0 saturated heterocycles. The van der Waals surface area contributed by atoms with Gasteiger partial charge in [0.2, 0.25) is 0 Å². The fraction of sp³-hybridized carbons (Fsp3) is 1.00. The van der Waals surface area contributed by atoms with Gasteiger partial charge in [-0.3, -0.25) is 0 Å². The van der Waals surface area contributed by atoms with Gasteiger partial charge in [0, 0.05) is 0 Å². The third kappa shape index (κ3) is 3.42. The van der Waals surface area contributed by atoms with Crippen molar-refractivity contribution in [3.8, 4) is 0 Å². The lowest BCUT2D eigenvalue weighted by molar-refractivity contribution is -0.304. The lowest BCUT2D eigenvalue weighted by atomic mass is 10.3. The second-order valence-electron chi connectivity index (χ2n) is 2.39. The summed E-state index contributed by atoms with van der Waals surface area (Å²) in [6.45, 7) is 0. The van der Waals surface area contributed by atoms with E-state index < -0.39 is 34.7 Å². The van der Waals surface area contributed by atoms with E-state index >= 15 is 0 Å². The SMILES string of the molecule is FS(=NC(F)(F)F)C(F)(C(F)(F)F)C(F)(F)F. The first-order valence-electron chi connectivity index (χ1n) is 3.15. The van der Waals surface area contributed by atoms with Gasteiger partial charge in [-0.2, -0.15) is 30.2 Å². The topological polar surface area (TPSA) is 12.4 Å². The summed E-state index contributed by atoms with van der Waals surface area (Å²) in [5.74, 6) is 0. The molecule has 0 radical (unpaired) electrons. The summed E-state index contributed by atoms with van der Waals surface area (Å²) in [5.41, 5.74) is 0. The first-order valence-corrected chi connectivity index (χ1v) is 4.24. The molecular formula is C4F11NS. The maximum Gasteiger partial charge on any atom is 0.511 e. The lowest BCUT2D eigenvalue weighted by Gasteiger charge is -2.27. The van der Waals surface area contributed by atoms with Crippen molar-refractivity contribution in [3.05, 3.63) is 0 Å². The van der Waals surface area contributed by atoms with Gasteiger partial charge in [0.25, 0.3) is 0 Å². The maximum atomic E-state index is 12.5. The van der Waals surface area contributed by atoms with Crippen LogP contribution in [-0.2, 0) is 11.1 Å². The van der Waals surface area contributed by atoms with Crippen molar-refractivity contribution in [1.29, 1.82) is 0 Å². The maximum absolute atomic E-state index is 12.5. The van der Waals surface area contributed by atoms with E-state index in [9.17, 15) is 47.8 Å². The number of hydrogen-bond donors (Lipinski definition) is 0. The molecule has 104 valence electrons. The summed E-state index contributed by atoms with van der Waals surface area (Å²) in [6.07, 6.45) is -19.9. The molecule has 13 heteroatoms. The molecule has 1 nitrogen and oxygen atoms in total. The predicted molar refractivity (Wildman–Crippen MR) is 32.9 cm³/mol. The molecule has 0 aliphatic carbocycles. The molecule has 0 rings (SSSR count). The van der Waals surface area contributed by atoms with Gasteiger partial charge in [-0.1, -0.05) is 0 Å². The Kier molecular flexibility index (Phi) is 4.09. The molecule has 0 saturated carbocycles. The van der Waals surface area contributed by atoms with Crippen molar-refractivity contribution in [2.24, 2.45) is 4.36 Å². The molecule has 1 atom stereocenters. The third-order valence-corrected chi connectivity index (χ3v) is 2.44. The monoisotopic (exact) mass is 303 g/mol. The van der Waals surface area contributed by atoms with Gasteiger partial charge in [0.15, 0.2) is 0 Å². The highest BCUT2D eigenvalue weighted by Gasteiger charge is 2.77. The molecule has 0 aromatic rings. The van der Waals surface area contributed by atoms with Crippen LogP contribution in [0.5, 0.6) is 0 Å². The summed E-state index contributed by atoms with van der Waals surface area (Å²) in [4.78, 5) is 0. The smallest absolute Gasteiger partial charge is 0.207 e. The minimum absolute atomic E-state index is 0.560. The highest BCUT2D eigenvalue weighted by molar-refractivity contribution is 7.83. The fourth-order valence-corrected chi connectivity index (χ4v) is 1.20. The Morgan fingerprint density at radius 1 is 0.647 bits per heavy atom. The largest absolute Gasteiger partial charge is 0.511 e. The Morgan fingerprint density at radius 3 is 1.12 bits per heavy atom. The minimum atomic E-state index is -6.92. The summed E-state index contributed by atoms with van der Waals surface area (Å²) in [5, 5.41) is -6.68. The Bertz CT molecular complexity index is 293. The van der Waals surface area contributed by atoms with E-state index in [1.165, 1.54) is 0 Å². The molecule has 0 heterocycles. The quantitative estimate of drug-likeness (QED) is 0.513. The highest BCUT2D eigenvalue weighted by atomic mass is 32.2. The molecule has 0 bridgehead atoms. The number of rotatable bonds is 1. The molecule has 0 spiro atoms. The van der Waals surface area contributed by atoms with E-state index in [4.69, 9.17) is 0 Å². The molecule has 0 fully saturated rings. The van der Waals surface area contributed by atoms with Crippen molar-refractivity contribution in [2.75, 3.05) is 0 Å². The van der Waals surface area contributed by atoms with E-state index in [1.807, 2.05) is 0 Å². The van der Waals surface area contributed by atoms with Gasteiger partial charge < -0.3 is 0 Å². The standard InChI is InChI=1S/C4F11NS/c5-1(2(6,7)8,3(9,10)11)17(15)16-4(12,13)14. The Labute approximate surface area is 88.0 Å². The van der Waals surface area contributed by atoms with Crippen LogP contribution in [0.1, 0.15) is 0 Å². The Hall–Kier alpha value is -0.620. The highest BCUT2D eigenvalue weighted by Crippen LogP contribution is 2.50. The molecule has 1 unspecified atom stereocenters. The van der Waals surface area contributed by atoms with Crippen molar-refractivity contribution in [1.82, 2.24) is 0 Å². The molecule has 0 aromatic carbocycles. The third-order valence-electron chi connectivity index (χ3n) is 1.14. The average Bonchev–Trinajstić information content (AvgIpc) is 1.94. The second-order valence-corrected chi connectivity index (χ2v) is 3.61. The normalized spacial score (nSPS) is 17.4. The predicted octanol–water partition coefficient (Wildman–Crippen LogP) is 3.98. The van der Waals surface area contributed by atoms with E-state index in [0.717, 1.165) is 0 Å². The summed E-state index contributed by atoms with van der Waals surface area (Å²) < 4.78 is 129. The van der Waals surface area contributed by atoms with Crippen LogP contribution in [0, 0.1) is 0 Å².